The van der Waals surface area contributed by atoms with Crippen LogP contribution in [0.15, 0.2) is 70.1 Å². The molecule has 4 aromatic rings. The van der Waals surface area contributed by atoms with Crippen molar-refractivity contribution in [2.24, 2.45) is 0 Å². The molecule has 0 aliphatic carbocycles. The zero-order chi connectivity index (χ0) is 15.8. The van der Waals surface area contributed by atoms with Crippen LogP contribution in [0.1, 0.15) is 0 Å². The van der Waals surface area contributed by atoms with Crippen molar-refractivity contribution in [3.8, 4) is 16.9 Å². The average molecular weight is 367 g/mol. The lowest BCUT2D eigenvalue weighted by Crippen LogP contribution is -2.09. The fourth-order valence-corrected chi connectivity index (χ4v) is 2.74. The zero-order valence-corrected chi connectivity index (χ0v) is 13.5. The van der Waals surface area contributed by atoms with Gasteiger partial charge in [0.1, 0.15) is 5.69 Å². The SMILES string of the molecule is O=c1[nH]nc(-c2ccccc2)c2cn(-c3ccc(Br)cc3)nc12. The predicted molar refractivity (Wildman–Crippen MR) is 92.6 cm³/mol. The first-order valence-electron chi connectivity index (χ1n) is 7.02. The van der Waals surface area contributed by atoms with Crippen LogP contribution in [-0.2, 0) is 0 Å². The Hall–Kier alpha value is -2.73. The molecule has 0 saturated heterocycles. The van der Waals surface area contributed by atoms with Gasteiger partial charge < -0.3 is 0 Å². The molecule has 0 radical (unpaired) electrons. The van der Waals surface area contributed by atoms with Gasteiger partial charge in [-0.1, -0.05) is 46.3 Å². The van der Waals surface area contributed by atoms with Gasteiger partial charge in [0.2, 0.25) is 0 Å². The molecular weight excluding hydrogens is 356 g/mol. The molecule has 0 amide bonds. The maximum atomic E-state index is 12.1. The highest BCUT2D eigenvalue weighted by Gasteiger charge is 2.13. The topological polar surface area (TPSA) is 63.6 Å². The van der Waals surface area contributed by atoms with Gasteiger partial charge in [0.15, 0.2) is 5.52 Å². The molecule has 6 heteroatoms. The van der Waals surface area contributed by atoms with Crippen LogP contribution < -0.4 is 5.56 Å². The molecular formula is C17H11BrN4O. The molecule has 0 spiro atoms. The summed E-state index contributed by atoms with van der Waals surface area (Å²) in [5.74, 6) is 0. The van der Waals surface area contributed by atoms with Gasteiger partial charge in [0.05, 0.1) is 11.1 Å². The summed E-state index contributed by atoms with van der Waals surface area (Å²) in [7, 11) is 0. The van der Waals surface area contributed by atoms with Gasteiger partial charge in [0, 0.05) is 16.2 Å². The Morgan fingerprint density at radius 3 is 2.48 bits per heavy atom. The molecule has 112 valence electrons. The number of halogens is 1. The van der Waals surface area contributed by atoms with E-state index in [1.54, 1.807) is 4.68 Å². The number of nitrogens with one attached hydrogen (secondary N) is 1. The standard InChI is InChI=1S/C17H11BrN4O/c18-12-6-8-13(9-7-12)22-10-14-15(11-4-2-1-3-5-11)19-20-17(23)16(14)21-22/h1-10H,(H,20,23). The molecule has 0 fully saturated rings. The smallest absolute Gasteiger partial charge is 0.265 e. The van der Waals surface area contributed by atoms with Gasteiger partial charge in [-0.3, -0.25) is 4.79 Å². The quantitative estimate of drug-likeness (QED) is 0.590. The van der Waals surface area contributed by atoms with Crippen LogP contribution in [-0.4, -0.2) is 20.0 Å². The molecule has 2 aromatic carbocycles. The summed E-state index contributed by atoms with van der Waals surface area (Å²) >= 11 is 3.41. The maximum absolute atomic E-state index is 12.1. The minimum absolute atomic E-state index is 0.296. The summed E-state index contributed by atoms with van der Waals surface area (Å²) < 4.78 is 2.68. The van der Waals surface area contributed by atoms with E-state index in [9.17, 15) is 4.79 Å². The molecule has 0 aliphatic heterocycles. The Morgan fingerprint density at radius 2 is 1.74 bits per heavy atom. The molecule has 0 unspecified atom stereocenters. The Balaban J connectivity index is 1.96. The van der Waals surface area contributed by atoms with Crippen LogP contribution in [0.25, 0.3) is 27.8 Å². The van der Waals surface area contributed by atoms with Crippen molar-refractivity contribution >= 4 is 26.8 Å². The second kappa shape index (κ2) is 5.48. The van der Waals surface area contributed by atoms with Crippen molar-refractivity contribution < 1.29 is 0 Å². The summed E-state index contributed by atoms with van der Waals surface area (Å²) in [6.45, 7) is 0. The van der Waals surface area contributed by atoms with Gasteiger partial charge in [-0.05, 0) is 24.3 Å². The van der Waals surface area contributed by atoms with Gasteiger partial charge in [-0.25, -0.2) is 9.78 Å². The first kappa shape index (κ1) is 13.9. The van der Waals surface area contributed by atoms with Crippen LogP contribution in [0.2, 0.25) is 0 Å². The van der Waals surface area contributed by atoms with E-state index >= 15 is 0 Å². The van der Waals surface area contributed by atoms with Crippen molar-refractivity contribution in [3.05, 3.63) is 75.6 Å². The summed E-state index contributed by atoms with van der Waals surface area (Å²) in [4.78, 5) is 12.1. The first-order valence-corrected chi connectivity index (χ1v) is 7.81. The molecule has 23 heavy (non-hydrogen) atoms. The Labute approximate surface area is 139 Å². The molecule has 2 aromatic heterocycles. The summed E-state index contributed by atoms with van der Waals surface area (Å²) in [6.07, 6.45) is 1.84. The average Bonchev–Trinajstić information content (AvgIpc) is 3.03. The Bertz CT molecular complexity index is 1040. The van der Waals surface area contributed by atoms with E-state index in [1.165, 1.54) is 0 Å². The van der Waals surface area contributed by atoms with Crippen LogP contribution >= 0.6 is 15.9 Å². The summed E-state index contributed by atoms with van der Waals surface area (Å²) in [6, 6.07) is 17.5. The number of H-pyrrole nitrogens is 1. The van der Waals surface area contributed by atoms with E-state index in [2.05, 4.69) is 31.2 Å². The van der Waals surface area contributed by atoms with Crippen molar-refractivity contribution in [2.45, 2.75) is 0 Å². The Morgan fingerprint density at radius 1 is 1.00 bits per heavy atom. The van der Waals surface area contributed by atoms with Gasteiger partial charge in [0.25, 0.3) is 5.56 Å². The van der Waals surface area contributed by atoms with Crippen molar-refractivity contribution in [2.75, 3.05) is 0 Å². The molecule has 0 aliphatic rings. The molecule has 5 nitrogen and oxygen atoms in total. The number of rotatable bonds is 2. The molecule has 2 heterocycles. The van der Waals surface area contributed by atoms with E-state index < -0.39 is 0 Å². The van der Waals surface area contributed by atoms with E-state index in [0.717, 1.165) is 21.1 Å². The van der Waals surface area contributed by atoms with E-state index in [0.29, 0.717) is 11.2 Å². The number of fused-ring (bicyclic) bond motifs is 1. The molecule has 1 N–H and O–H groups in total. The highest BCUT2D eigenvalue weighted by Crippen LogP contribution is 2.24. The van der Waals surface area contributed by atoms with Crippen molar-refractivity contribution in [3.63, 3.8) is 0 Å². The highest BCUT2D eigenvalue weighted by atomic mass is 79.9. The normalized spacial score (nSPS) is 11.0. The monoisotopic (exact) mass is 366 g/mol. The minimum Gasteiger partial charge on any atom is -0.265 e. The van der Waals surface area contributed by atoms with Crippen molar-refractivity contribution in [1.29, 1.82) is 0 Å². The summed E-state index contributed by atoms with van der Waals surface area (Å²) in [5.41, 5.74) is 2.60. The Kier molecular flexibility index (Phi) is 3.31. The fourth-order valence-electron chi connectivity index (χ4n) is 2.48. The van der Waals surface area contributed by atoms with Crippen LogP contribution in [0, 0.1) is 0 Å². The molecule has 4 rings (SSSR count). The lowest BCUT2D eigenvalue weighted by Gasteiger charge is -2.00. The third kappa shape index (κ3) is 2.47. The van der Waals surface area contributed by atoms with Crippen LogP contribution in [0.4, 0.5) is 0 Å². The highest BCUT2D eigenvalue weighted by molar-refractivity contribution is 9.10. The van der Waals surface area contributed by atoms with Crippen molar-refractivity contribution in [1.82, 2.24) is 20.0 Å². The number of aromatic amines is 1. The fraction of sp³-hybridized carbons (Fsp3) is 0. The maximum Gasteiger partial charge on any atom is 0.292 e. The third-order valence-corrected chi connectivity index (χ3v) is 4.12. The molecule has 0 atom stereocenters. The second-order valence-electron chi connectivity index (χ2n) is 5.08. The lowest BCUT2D eigenvalue weighted by molar-refractivity contribution is 0.891. The minimum atomic E-state index is -0.296. The second-order valence-corrected chi connectivity index (χ2v) is 6.00. The number of benzene rings is 2. The van der Waals surface area contributed by atoms with Crippen LogP contribution in [0.3, 0.4) is 0 Å². The van der Waals surface area contributed by atoms with E-state index in [1.807, 2.05) is 60.8 Å². The van der Waals surface area contributed by atoms with E-state index in [-0.39, 0.29) is 5.56 Å². The molecule has 0 bridgehead atoms. The summed E-state index contributed by atoms with van der Waals surface area (Å²) in [5, 5.41) is 11.9. The molecule has 0 saturated carbocycles. The predicted octanol–water partition coefficient (Wildman–Crippen LogP) is 3.54. The number of hydrogen-bond donors (Lipinski definition) is 1. The van der Waals surface area contributed by atoms with Gasteiger partial charge in [-0.15, -0.1) is 0 Å². The zero-order valence-electron chi connectivity index (χ0n) is 11.9. The van der Waals surface area contributed by atoms with Crippen LogP contribution in [0.5, 0.6) is 0 Å². The van der Waals surface area contributed by atoms with Gasteiger partial charge in [-0.2, -0.15) is 10.2 Å². The lowest BCUT2D eigenvalue weighted by atomic mass is 10.1. The third-order valence-electron chi connectivity index (χ3n) is 3.59. The van der Waals surface area contributed by atoms with Gasteiger partial charge >= 0.3 is 0 Å². The first-order chi connectivity index (χ1) is 11.2. The largest absolute Gasteiger partial charge is 0.292 e. The number of hydrogen-bond acceptors (Lipinski definition) is 3. The number of aromatic nitrogens is 4. The van der Waals surface area contributed by atoms with E-state index in [4.69, 9.17) is 0 Å². The number of nitrogens with zero attached hydrogens (tertiary/aromatic N) is 3.